The lowest BCUT2D eigenvalue weighted by Crippen LogP contribution is -2.42. The molecule has 156 valence electrons. The molecule has 2 fully saturated rings. The number of fused-ring (bicyclic) bond motifs is 1. The van der Waals surface area contributed by atoms with E-state index < -0.39 is 12.2 Å². The largest absolute Gasteiger partial charge is 0.393 e. The normalized spacial score (nSPS) is 27.3. The molecule has 1 aliphatic carbocycles. The highest BCUT2D eigenvalue weighted by Gasteiger charge is 2.29. The quantitative estimate of drug-likeness (QED) is 0.666. The number of carbonyl (C=O) groups is 1. The molecule has 8 nitrogen and oxygen atoms in total. The Morgan fingerprint density at radius 3 is 2.76 bits per heavy atom. The zero-order valence-electron chi connectivity index (χ0n) is 16.7. The Morgan fingerprint density at radius 1 is 1.31 bits per heavy atom. The molecule has 2 aromatic rings. The van der Waals surface area contributed by atoms with E-state index in [9.17, 15) is 19.8 Å². The summed E-state index contributed by atoms with van der Waals surface area (Å²) in [6.07, 6.45) is 3.06. The van der Waals surface area contributed by atoms with Crippen molar-refractivity contribution >= 4 is 22.5 Å². The van der Waals surface area contributed by atoms with Gasteiger partial charge in [0.25, 0.3) is 5.56 Å². The Balaban J connectivity index is 1.84. The third-order valence-corrected chi connectivity index (χ3v) is 6.11. The van der Waals surface area contributed by atoms with Crippen molar-refractivity contribution < 1.29 is 19.7 Å². The number of aromatic nitrogens is 2. The summed E-state index contributed by atoms with van der Waals surface area (Å²) in [6.45, 7) is 4.01. The Hall–Kier alpha value is -2.29. The van der Waals surface area contributed by atoms with Gasteiger partial charge in [-0.05, 0) is 45.1 Å². The molecule has 4 atom stereocenters. The smallest absolute Gasteiger partial charge is 0.262 e. The molecule has 0 spiro atoms. The zero-order chi connectivity index (χ0) is 20.7. The summed E-state index contributed by atoms with van der Waals surface area (Å²) in [5.74, 6) is 0.291. The monoisotopic (exact) mass is 401 g/mol. The van der Waals surface area contributed by atoms with Crippen molar-refractivity contribution in [2.45, 2.75) is 63.8 Å². The fraction of sp³-hybridized carbons (Fsp3) is 0.571. The van der Waals surface area contributed by atoms with E-state index in [0.717, 1.165) is 5.39 Å². The van der Waals surface area contributed by atoms with Crippen LogP contribution in [0.5, 0.6) is 0 Å². The van der Waals surface area contributed by atoms with Gasteiger partial charge in [-0.2, -0.15) is 0 Å². The molecule has 29 heavy (non-hydrogen) atoms. The first-order valence-electron chi connectivity index (χ1n) is 10.1. The van der Waals surface area contributed by atoms with Gasteiger partial charge in [0.15, 0.2) is 5.78 Å². The van der Waals surface area contributed by atoms with Gasteiger partial charge in [0.2, 0.25) is 0 Å². The first-order chi connectivity index (χ1) is 13.9. The molecule has 2 aliphatic rings. The van der Waals surface area contributed by atoms with Crippen molar-refractivity contribution in [3.05, 3.63) is 33.7 Å². The summed E-state index contributed by atoms with van der Waals surface area (Å²) in [5.41, 5.74) is 1.18. The number of ketones is 1. The minimum absolute atomic E-state index is 0.164. The van der Waals surface area contributed by atoms with E-state index in [2.05, 4.69) is 10.3 Å². The maximum absolute atomic E-state index is 13.3. The average molecular weight is 401 g/mol. The second-order valence-corrected chi connectivity index (χ2v) is 8.12. The molecule has 3 heterocycles. The first-order valence-corrected chi connectivity index (χ1v) is 10.1. The topological polar surface area (TPSA) is 114 Å². The second kappa shape index (κ2) is 7.85. The van der Waals surface area contributed by atoms with E-state index >= 15 is 0 Å². The van der Waals surface area contributed by atoms with Crippen molar-refractivity contribution in [1.82, 2.24) is 9.55 Å². The predicted octanol–water partition coefficient (Wildman–Crippen LogP) is 1.56. The second-order valence-electron chi connectivity index (χ2n) is 8.12. The number of nitrogens with one attached hydrogen (secondary N) is 1. The molecule has 8 heteroatoms. The van der Waals surface area contributed by atoms with Gasteiger partial charge < -0.3 is 24.8 Å². The summed E-state index contributed by atoms with van der Waals surface area (Å²) >= 11 is 0. The van der Waals surface area contributed by atoms with Crippen molar-refractivity contribution in [1.29, 1.82) is 0 Å². The Kier molecular flexibility index (Phi) is 5.42. The lowest BCUT2D eigenvalue weighted by molar-refractivity contribution is -0.0135. The highest BCUT2D eigenvalue weighted by atomic mass is 16.5. The number of rotatable bonds is 4. The molecule has 0 bridgehead atoms. The average Bonchev–Trinajstić information content (AvgIpc) is 3.09. The van der Waals surface area contributed by atoms with Crippen molar-refractivity contribution in [3.8, 4) is 0 Å². The summed E-state index contributed by atoms with van der Waals surface area (Å²) < 4.78 is 6.93. The van der Waals surface area contributed by atoms with Gasteiger partial charge in [-0.3, -0.25) is 9.59 Å². The zero-order valence-corrected chi connectivity index (χ0v) is 16.7. The van der Waals surface area contributed by atoms with Crippen LogP contribution in [0.25, 0.3) is 10.9 Å². The SMILES string of the molecule is CC(=O)c1c(C)c2cnc(N[C@@H]3CCOC[C@H]3O)cc2n(C2CCC(O)C2)c1=O. The number of aryl methyl sites for hydroxylation is 1. The lowest BCUT2D eigenvalue weighted by atomic mass is 10.0. The number of Topliss-reactive ketones (excluding diaryl/α,β-unsaturated/α-hetero) is 1. The fourth-order valence-electron chi connectivity index (χ4n) is 4.56. The minimum Gasteiger partial charge on any atom is -0.393 e. The molecule has 2 aromatic heterocycles. The van der Waals surface area contributed by atoms with Crippen LogP contribution < -0.4 is 10.9 Å². The van der Waals surface area contributed by atoms with E-state index in [-0.39, 0.29) is 35.6 Å². The van der Waals surface area contributed by atoms with Gasteiger partial charge in [-0.1, -0.05) is 0 Å². The van der Waals surface area contributed by atoms with E-state index in [1.807, 2.05) is 0 Å². The van der Waals surface area contributed by atoms with Gasteiger partial charge in [0.05, 0.1) is 35.9 Å². The number of hydrogen-bond donors (Lipinski definition) is 3. The van der Waals surface area contributed by atoms with Crippen LogP contribution in [-0.2, 0) is 4.74 Å². The number of carbonyl (C=O) groups excluding carboxylic acids is 1. The van der Waals surface area contributed by atoms with Crippen LogP contribution in [-0.4, -0.2) is 57.0 Å². The van der Waals surface area contributed by atoms with Crippen LogP contribution in [0.3, 0.4) is 0 Å². The first kappa shape index (κ1) is 20.0. The molecule has 0 amide bonds. The molecule has 1 saturated heterocycles. The van der Waals surface area contributed by atoms with Crippen LogP contribution in [0.4, 0.5) is 5.82 Å². The Bertz CT molecular complexity index is 1000. The molecule has 4 rings (SSSR count). The number of anilines is 1. The van der Waals surface area contributed by atoms with E-state index in [0.29, 0.717) is 49.2 Å². The third-order valence-electron chi connectivity index (χ3n) is 6.11. The number of ether oxygens (including phenoxy) is 1. The fourth-order valence-corrected chi connectivity index (χ4v) is 4.56. The molecule has 1 saturated carbocycles. The van der Waals surface area contributed by atoms with Crippen LogP contribution in [0.2, 0.25) is 0 Å². The third kappa shape index (κ3) is 3.68. The molecule has 3 N–H and O–H groups in total. The number of nitrogens with zero attached hydrogens (tertiary/aromatic N) is 2. The standard InChI is InChI=1S/C21H27N3O5/c1-11-15-9-22-19(23-16-5-6-29-10-18(16)27)8-17(15)24(13-3-4-14(26)7-13)21(28)20(11)12(2)25/h8-9,13-14,16,18,26-27H,3-7,10H2,1-2H3,(H,22,23)/t13?,14?,16-,18-/m1/s1. The van der Waals surface area contributed by atoms with E-state index in [4.69, 9.17) is 4.74 Å². The van der Waals surface area contributed by atoms with Crippen molar-refractivity contribution in [3.63, 3.8) is 0 Å². The number of aliphatic hydroxyl groups is 2. The van der Waals surface area contributed by atoms with Gasteiger partial charge in [-0.15, -0.1) is 0 Å². The number of pyridine rings is 2. The van der Waals surface area contributed by atoms with Crippen molar-refractivity contribution in [2.75, 3.05) is 18.5 Å². The van der Waals surface area contributed by atoms with Gasteiger partial charge in [0, 0.05) is 30.3 Å². The summed E-state index contributed by atoms with van der Waals surface area (Å²) in [6, 6.07) is 1.46. The molecular formula is C21H27N3O5. The lowest BCUT2D eigenvalue weighted by Gasteiger charge is -2.29. The minimum atomic E-state index is -0.629. The maximum atomic E-state index is 13.3. The Labute approximate surface area is 168 Å². The highest BCUT2D eigenvalue weighted by molar-refractivity contribution is 6.00. The van der Waals surface area contributed by atoms with Crippen LogP contribution in [0.15, 0.2) is 17.1 Å². The molecule has 1 aliphatic heterocycles. The van der Waals surface area contributed by atoms with Crippen LogP contribution in [0.1, 0.15) is 54.6 Å². The van der Waals surface area contributed by atoms with Crippen molar-refractivity contribution in [2.24, 2.45) is 0 Å². The van der Waals surface area contributed by atoms with Crippen LogP contribution >= 0.6 is 0 Å². The predicted molar refractivity (Wildman–Crippen MR) is 108 cm³/mol. The van der Waals surface area contributed by atoms with Gasteiger partial charge in [0.1, 0.15) is 5.82 Å². The van der Waals surface area contributed by atoms with Crippen LogP contribution in [0, 0.1) is 6.92 Å². The molecular weight excluding hydrogens is 374 g/mol. The number of hydrogen-bond acceptors (Lipinski definition) is 7. The number of aliphatic hydroxyl groups excluding tert-OH is 2. The highest BCUT2D eigenvalue weighted by Crippen LogP contribution is 2.33. The Morgan fingerprint density at radius 2 is 2.10 bits per heavy atom. The maximum Gasteiger partial charge on any atom is 0.262 e. The summed E-state index contributed by atoms with van der Waals surface area (Å²) in [7, 11) is 0. The summed E-state index contributed by atoms with van der Waals surface area (Å²) in [5, 5.41) is 24.2. The molecule has 0 radical (unpaired) electrons. The summed E-state index contributed by atoms with van der Waals surface area (Å²) in [4.78, 5) is 29.9. The van der Waals surface area contributed by atoms with Gasteiger partial charge in [-0.25, -0.2) is 4.98 Å². The molecule has 2 unspecified atom stereocenters. The van der Waals surface area contributed by atoms with E-state index in [1.165, 1.54) is 6.92 Å². The van der Waals surface area contributed by atoms with Gasteiger partial charge >= 0.3 is 0 Å². The molecule has 0 aromatic carbocycles. The van der Waals surface area contributed by atoms with E-state index in [1.54, 1.807) is 23.8 Å².